The molecule has 6 nitrogen and oxygen atoms in total. The van der Waals surface area contributed by atoms with E-state index in [1.165, 1.54) is 14.0 Å². The van der Waals surface area contributed by atoms with Gasteiger partial charge in [-0.1, -0.05) is 17.7 Å². The van der Waals surface area contributed by atoms with Gasteiger partial charge in [0.2, 0.25) is 11.8 Å². The Balaban J connectivity index is 2.03. The van der Waals surface area contributed by atoms with E-state index in [1.807, 2.05) is 6.07 Å². The van der Waals surface area contributed by atoms with Crippen LogP contribution in [0.1, 0.15) is 6.92 Å². The number of benzene rings is 2. The van der Waals surface area contributed by atoms with Crippen molar-refractivity contribution in [3.05, 3.63) is 47.5 Å². The maximum absolute atomic E-state index is 12.1. The lowest BCUT2D eigenvalue weighted by molar-refractivity contribution is -0.115. The second kappa shape index (κ2) is 8.21. The predicted molar refractivity (Wildman–Crippen MR) is 95.9 cm³/mol. The smallest absolute Gasteiger partial charge is 0.243 e. The quantitative estimate of drug-likeness (QED) is 0.748. The normalized spacial score (nSPS) is 9.96. The number of rotatable bonds is 6. The van der Waals surface area contributed by atoms with Crippen LogP contribution in [0.5, 0.6) is 5.75 Å². The molecule has 126 valence electrons. The summed E-state index contributed by atoms with van der Waals surface area (Å²) in [4.78, 5) is 23.3. The van der Waals surface area contributed by atoms with Gasteiger partial charge in [0.05, 0.1) is 19.3 Å². The lowest BCUT2D eigenvalue weighted by Gasteiger charge is -2.13. The van der Waals surface area contributed by atoms with Crippen molar-refractivity contribution in [1.29, 1.82) is 0 Å². The Bertz CT molecular complexity index is 750. The average molecular weight is 348 g/mol. The molecule has 7 heteroatoms. The van der Waals surface area contributed by atoms with Crippen LogP contribution in [0.25, 0.3) is 0 Å². The summed E-state index contributed by atoms with van der Waals surface area (Å²) in [5.74, 6) is 0.0496. The summed E-state index contributed by atoms with van der Waals surface area (Å²) in [5, 5.41) is 8.98. The highest BCUT2D eigenvalue weighted by atomic mass is 35.5. The van der Waals surface area contributed by atoms with Crippen LogP contribution >= 0.6 is 11.6 Å². The molecule has 0 aromatic heterocycles. The van der Waals surface area contributed by atoms with Gasteiger partial charge >= 0.3 is 0 Å². The molecule has 0 spiro atoms. The molecule has 2 aromatic carbocycles. The second-order valence-electron chi connectivity index (χ2n) is 5.01. The van der Waals surface area contributed by atoms with Gasteiger partial charge in [0.15, 0.2) is 0 Å². The molecular formula is C17H18ClN3O3. The number of hydrogen-bond donors (Lipinski definition) is 3. The van der Waals surface area contributed by atoms with Gasteiger partial charge in [-0.25, -0.2) is 0 Å². The number of carbonyl (C=O) groups is 2. The Labute approximate surface area is 145 Å². The summed E-state index contributed by atoms with van der Waals surface area (Å²) in [7, 11) is 1.51. The SMILES string of the molecule is COc1ccc(NC(C)=O)cc1NC(=O)CNc1cccc(Cl)c1. The van der Waals surface area contributed by atoms with E-state index in [4.69, 9.17) is 16.3 Å². The summed E-state index contributed by atoms with van der Waals surface area (Å²) in [5.41, 5.74) is 1.79. The maximum atomic E-state index is 12.1. The van der Waals surface area contributed by atoms with E-state index < -0.39 is 0 Å². The first-order chi connectivity index (χ1) is 11.5. The number of nitrogens with one attached hydrogen (secondary N) is 3. The number of carbonyl (C=O) groups excluding carboxylic acids is 2. The first-order valence-corrected chi connectivity index (χ1v) is 7.60. The number of methoxy groups -OCH3 is 1. The van der Waals surface area contributed by atoms with Crippen LogP contribution in [0, 0.1) is 0 Å². The summed E-state index contributed by atoms with van der Waals surface area (Å²) < 4.78 is 5.22. The minimum Gasteiger partial charge on any atom is -0.495 e. The van der Waals surface area contributed by atoms with E-state index in [1.54, 1.807) is 36.4 Å². The molecule has 2 rings (SSSR count). The summed E-state index contributed by atoms with van der Waals surface area (Å²) in [6.45, 7) is 1.48. The molecule has 3 N–H and O–H groups in total. The van der Waals surface area contributed by atoms with E-state index in [-0.39, 0.29) is 18.4 Å². The molecule has 0 unspecified atom stereocenters. The van der Waals surface area contributed by atoms with Crippen molar-refractivity contribution in [1.82, 2.24) is 0 Å². The summed E-state index contributed by atoms with van der Waals surface area (Å²) >= 11 is 5.90. The second-order valence-corrected chi connectivity index (χ2v) is 5.44. The van der Waals surface area contributed by atoms with Crippen LogP contribution in [0.2, 0.25) is 5.02 Å². The molecule has 0 heterocycles. The largest absolute Gasteiger partial charge is 0.495 e. The monoisotopic (exact) mass is 347 g/mol. The van der Waals surface area contributed by atoms with Crippen LogP contribution in [-0.4, -0.2) is 25.5 Å². The number of anilines is 3. The van der Waals surface area contributed by atoms with Crippen molar-refractivity contribution >= 4 is 40.5 Å². The third-order valence-corrected chi connectivity index (χ3v) is 3.31. The van der Waals surface area contributed by atoms with Gasteiger partial charge in [-0.05, 0) is 36.4 Å². The van der Waals surface area contributed by atoms with Crippen molar-refractivity contribution in [2.45, 2.75) is 6.92 Å². The number of amides is 2. The van der Waals surface area contributed by atoms with Gasteiger partial charge in [-0.15, -0.1) is 0 Å². The van der Waals surface area contributed by atoms with Gasteiger partial charge in [0.25, 0.3) is 0 Å². The Kier molecular flexibility index (Phi) is 6.03. The minimum absolute atomic E-state index is 0.0634. The highest BCUT2D eigenvalue weighted by molar-refractivity contribution is 6.30. The number of ether oxygens (including phenoxy) is 1. The Morgan fingerprint density at radius 1 is 1.08 bits per heavy atom. The van der Waals surface area contributed by atoms with Gasteiger partial charge in [-0.3, -0.25) is 9.59 Å². The third-order valence-electron chi connectivity index (χ3n) is 3.07. The minimum atomic E-state index is -0.256. The molecule has 0 aliphatic carbocycles. The lowest BCUT2D eigenvalue weighted by Crippen LogP contribution is -2.22. The molecule has 0 bridgehead atoms. The summed E-state index contributed by atoms with van der Waals surface area (Å²) in [6.07, 6.45) is 0. The molecule has 2 aromatic rings. The van der Waals surface area contributed by atoms with Crippen LogP contribution < -0.4 is 20.7 Å². The predicted octanol–water partition coefficient (Wildman–Crippen LogP) is 3.36. The van der Waals surface area contributed by atoms with E-state index in [2.05, 4.69) is 16.0 Å². The standard InChI is InChI=1S/C17H18ClN3O3/c1-11(22)20-14-6-7-16(24-2)15(9-14)21-17(23)10-19-13-5-3-4-12(18)8-13/h3-9,19H,10H2,1-2H3,(H,20,22)(H,21,23). The Morgan fingerprint density at radius 3 is 2.54 bits per heavy atom. The Hall–Kier alpha value is -2.73. The van der Waals surface area contributed by atoms with Crippen molar-refractivity contribution in [3.8, 4) is 5.75 Å². The molecule has 0 radical (unpaired) electrons. The molecule has 0 aliphatic heterocycles. The molecule has 0 saturated heterocycles. The number of halogens is 1. The van der Waals surface area contributed by atoms with Crippen LogP contribution in [0.3, 0.4) is 0 Å². The number of hydrogen-bond acceptors (Lipinski definition) is 4. The fourth-order valence-corrected chi connectivity index (χ4v) is 2.25. The molecule has 0 saturated carbocycles. The van der Waals surface area contributed by atoms with Crippen molar-refractivity contribution in [2.24, 2.45) is 0 Å². The average Bonchev–Trinajstić information content (AvgIpc) is 2.53. The Morgan fingerprint density at radius 2 is 1.88 bits per heavy atom. The van der Waals surface area contributed by atoms with Gasteiger partial charge < -0.3 is 20.7 Å². The first kappa shape index (κ1) is 17.6. The molecule has 0 aliphatic rings. The van der Waals surface area contributed by atoms with E-state index in [9.17, 15) is 9.59 Å². The van der Waals surface area contributed by atoms with Crippen molar-refractivity contribution < 1.29 is 14.3 Å². The highest BCUT2D eigenvalue weighted by Crippen LogP contribution is 2.27. The zero-order chi connectivity index (χ0) is 17.5. The fraction of sp³-hybridized carbons (Fsp3) is 0.176. The zero-order valence-electron chi connectivity index (χ0n) is 13.4. The van der Waals surface area contributed by atoms with Crippen LogP contribution in [0.15, 0.2) is 42.5 Å². The van der Waals surface area contributed by atoms with E-state index >= 15 is 0 Å². The fourth-order valence-electron chi connectivity index (χ4n) is 2.06. The zero-order valence-corrected chi connectivity index (χ0v) is 14.1. The van der Waals surface area contributed by atoms with Crippen molar-refractivity contribution in [2.75, 3.05) is 29.6 Å². The summed E-state index contributed by atoms with van der Waals surface area (Å²) in [6, 6.07) is 12.1. The van der Waals surface area contributed by atoms with Crippen LogP contribution in [0.4, 0.5) is 17.1 Å². The van der Waals surface area contributed by atoms with E-state index in [0.717, 1.165) is 5.69 Å². The highest BCUT2D eigenvalue weighted by Gasteiger charge is 2.09. The van der Waals surface area contributed by atoms with Gasteiger partial charge in [0, 0.05) is 23.3 Å². The van der Waals surface area contributed by atoms with Gasteiger partial charge in [-0.2, -0.15) is 0 Å². The van der Waals surface area contributed by atoms with Crippen LogP contribution in [-0.2, 0) is 9.59 Å². The van der Waals surface area contributed by atoms with E-state index in [0.29, 0.717) is 22.1 Å². The molecule has 0 atom stereocenters. The molecule has 2 amide bonds. The van der Waals surface area contributed by atoms with Gasteiger partial charge in [0.1, 0.15) is 5.75 Å². The topological polar surface area (TPSA) is 79.5 Å². The molecule has 24 heavy (non-hydrogen) atoms. The van der Waals surface area contributed by atoms with Crippen molar-refractivity contribution in [3.63, 3.8) is 0 Å². The third kappa shape index (κ3) is 5.17. The first-order valence-electron chi connectivity index (χ1n) is 7.23. The molecule has 0 fully saturated rings. The lowest BCUT2D eigenvalue weighted by atomic mass is 10.2. The maximum Gasteiger partial charge on any atom is 0.243 e. The molecular weight excluding hydrogens is 330 g/mol.